The number of halogens is 3. The first-order valence-corrected chi connectivity index (χ1v) is 8.34. The molecule has 2 aromatic rings. The minimum absolute atomic E-state index is 0.0415. The Morgan fingerprint density at radius 3 is 2.33 bits per heavy atom. The average Bonchev–Trinajstić information content (AvgIpc) is 2.53. The summed E-state index contributed by atoms with van der Waals surface area (Å²) in [6, 6.07) is 6.94. The number of rotatable bonds is 4. The average molecular weight is 355 g/mol. The van der Waals surface area contributed by atoms with Gasteiger partial charge in [-0.2, -0.15) is 13.2 Å². The van der Waals surface area contributed by atoms with Gasteiger partial charge in [0, 0.05) is 11.9 Å². The molecule has 1 heterocycles. The topological polar surface area (TPSA) is 54.9 Å². The van der Waals surface area contributed by atoms with Crippen molar-refractivity contribution in [2.24, 2.45) is 0 Å². The molecule has 1 aromatic heterocycles. The number of alkyl halides is 3. The van der Waals surface area contributed by atoms with Gasteiger partial charge in [-0.3, -0.25) is 4.79 Å². The maximum atomic E-state index is 13.1. The lowest BCUT2D eigenvalue weighted by Gasteiger charge is -2.13. The maximum absolute atomic E-state index is 13.1. The van der Waals surface area contributed by atoms with E-state index in [2.05, 4.69) is 15.3 Å². The van der Waals surface area contributed by atoms with Gasteiger partial charge in [0.2, 0.25) is 0 Å². The molecule has 8 heteroatoms. The van der Waals surface area contributed by atoms with Crippen molar-refractivity contribution in [2.75, 3.05) is 11.6 Å². The Bertz CT molecular complexity index is 730. The molecular weight excluding hydrogens is 339 g/mol. The van der Waals surface area contributed by atoms with Gasteiger partial charge in [-0.15, -0.1) is 0 Å². The lowest BCUT2D eigenvalue weighted by molar-refractivity contribution is -0.142. The monoisotopic (exact) mass is 355 g/mol. The summed E-state index contributed by atoms with van der Waals surface area (Å²) >= 11 is 0.974. The SMILES string of the molecule is CSc1ncc(C(=O)Nc2ccc(C(C)C)cc2)c(C(F)(F)F)n1. The number of aromatic nitrogens is 2. The third-order valence-electron chi connectivity index (χ3n) is 3.30. The van der Waals surface area contributed by atoms with Gasteiger partial charge in [-0.05, 0) is 29.9 Å². The van der Waals surface area contributed by atoms with Crippen LogP contribution < -0.4 is 5.32 Å². The first kappa shape index (κ1) is 18.3. The molecule has 128 valence electrons. The van der Waals surface area contributed by atoms with E-state index < -0.39 is 23.3 Å². The normalized spacial score (nSPS) is 11.6. The maximum Gasteiger partial charge on any atom is 0.434 e. The van der Waals surface area contributed by atoms with E-state index >= 15 is 0 Å². The van der Waals surface area contributed by atoms with Crippen molar-refractivity contribution < 1.29 is 18.0 Å². The van der Waals surface area contributed by atoms with E-state index in [4.69, 9.17) is 0 Å². The fourth-order valence-electron chi connectivity index (χ4n) is 2.00. The van der Waals surface area contributed by atoms with E-state index in [0.29, 0.717) is 11.6 Å². The quantitative estimate of drug-likeness (QED) is 0.644. The van der Waals surface area contributed by atoms with E-state index in [1.807, 2.05) is 26.0 Å². The number of nitrogens with zero attached hydrogens (tertiary/aromatic N) is 2. The molecule has 0 saturated carbocycles. The molecule has 1 N–H and O–H groups in total. The van der Waals surface area contributed by atoms with Gasteiger partial charge < -0.3 is 5.32 Å². The minimum Gasteiger partial charge on any atom is -0.322 e. The molecule has 0 bridgehead atoms. The summed E-state index contributed by atoms with van der Waals surface area (Å²) in [4.78, 5) is 19.4. The Hall–Kier alpha value is -2.09. The van der Waals surface area contributed by atoms with Crippen molar-refractivity contribution in [3.05, 3.63) is 47.3 Å². The van der Waals surface area contributed by atoms with E-state index in [0.717, 1.165) is 23.5 Å². The summed E-state index contributed by atoms with van der Waals surface area (Å²) in [5.41, 5.74) is -0.366. The van der Waals surface area contributed by atoms with E-state index in [-0.39, 0.29) is 5.16 Å². The van der Waals surface area contributed by atoms with Crippen molar-refractivity contribution in [2.45, 2.75) is 31.1 Å². The van der Waals surface area contributed by atoms with Crippen LogP contribution in [0.15, 0.2) is 35.6 Å². The fourth-order valence-corrected chi connectivity index (χ4v) is 2.34. The van der Waals surface area contributed by atoms with Crippen LogP contribution in [-0.2, 0) is 6.18 Å². The summed E-state index contributed by atoms with van der Waals surface area (Å²) in [5.74, 6) is -0.577. The Balaban J connectivity index is 2.29. The van der Waals surface area contributed by atoms with Gasteiger partial charge in [-0.1, -0.05) is 37.7 Å². The van der Waals surface area contributed by atoms with Crippen molar-refractivity contribution in [3.8, 4) is 0 Å². The second-order valence-electron chi connectivity index (χ2n) is 5.35. The molecular formula is C16H16F3N3OS. The molecule has 24 heavy (non-hydrogen) atoms. The van der Waals surface area contributed by atoms with E-state index in [1.165, 1.54) is 0 Å². The molecule has 0 spiro atoms. The van der Waals surface area contributed by atoms with Crippen LogP contribution in [0.4, 0.5) is 18.9 Å². The molecule has 0 radical (unpaired) electrons. The fraction of sp³-hybridized carbons (Fsp3) is 0.312. The number of amides is 1. The predicted molar refractivity (Wildman–Crippen MR) is 87.3 cm³/mol. The summed E-state index contributed by atoms with van der Waals surface area (Å²) in [7, 11) is 0. The Morgan fingerprint density at radius 2 is 1.83 bits per heavy atom. The number of anilines is 1. The molecule has 0 aliphatic heterocycles. The summed E-state index contributed by atoms with van der Waals surface area (Å²) in [5, 5.41) is 2.41. The largest absolute Gasteiger partial charge is 0.434 e. The lowest BCUT2D eigenvalue weighted by Crippen LogP contribution is -2.21. The molecule has 4 nitrogen and oxygen atoms in total. The summed E-state index contributed by atoms with van der Waals surface area (Å²) in [6.45, 7) is 4.04. The van der Waals surface area contributed by atoms with Crippen molar-refractivity contribution in [3.63, 3.8) is 0 Å². The molecule has 1 amide bonds. The summed E-state index contributed by atoms with van der Waals surface area (Å²) in [6.07, 6.45) is -2.27. The number of carbonyl (C=O) groups is 1. The van der Waals surface area contributed by atoms with Gasteiger partial charge in [0.05, 0.1) is 5.56 Å². The lowest BCUT2D eigenvalue weighted by atomic mass is 10.0. The van der Waals surface area contributed by atoms with Crippen molar-refractivity contribution in [1.82, 2.24) is 9.97 Å². The zero-order valence-electron chi connectivity index (χ0n) is 13.3. The summed E-state index contributed by atoms with van der Waals surface area (Å²) < 4.78 is 39.4. The highest BCUT2D eigenvalue weighted by Gasteiger charge is 2.38. The molecule has 0 fully saturated rings. The smallest absolute Gasteiger partial charge is 0.322 e. The highest BCUT2D eigenvalue weighted by Crippen LogP contribution is 2.31. The van der Waals surface area contributed by atoms with Crippen LogP contribution in [0.2, 0.25) is 0 Å². The van der Waals surface area contributed by atoms with Crippen molar-refractivity contribution in [1.29, 1.82) is 0 Å². The molecule has 0 atom stereocenters. The van der Waals surface area contributed by atoms with Crippen LogP contribution in [0.5, 0.6) is 0 Å². The van der Waals surface area contributed by atoms with Gasteiger partial charge >= 0.3 is 6.18 Å². The third-order valence-corrected chi connectivity index (χ3v) is 3.86. The van der Waals surface area contributed by atoms with Crippen LogP contribution in [0.1, 0.15) is 41.4 Å². The highest BCUT2D eigenvalue weighted by molar-refractivity contribution is 7.98. The number of benzene rings is 1. The second-order valence-corrected chi connectivity index (χ2v) is 6.12. The molecule has 1 aromatic carbocycles. The van der Waals surface area contributed by atoms with E-state index in [1.54, 1.807) is 18.4 Å². The predicted octanol–water partition coefficient (Wildman–Crippen LogP) is 4.59. The molecule has 0 aliphatic carbocycles. The minimum atomic E-state index is -4.73. The third kappa shape index (κ3) is 4.25. The second kappa shape index (κ2) is 7.21. The first-order chi connectivity index (χ1) is 11.2. The number of hydrogen-bond donors (Lipinski definition) is 1. The number of hydrogen-bond acceptors (Lipinski definition) is 4. The Labute approximate surface area is 141 Å². The molecule has 0 aliphatic rings. The van der Waals surface area contributed by atoms with Crippen LogP contribution in [0.25, 0.3) is 0 Å². The number of carbonyl (C=O) groups excluding carboxylic acids is 1. The highest BCUT2D eigenvalue weighted by atomic mass is 32.2. The van der Waals surface area contributed by atoms with Gasteiger partial charge in [-0.25, -0.2) is 9.97 Å². The Kier molecular flexibility index (Phi) is 5.48. The Morgan fingerprint density at radius 1 is 1.21 bits per heavy atom. The van der Waals surface area contributed by atoms with Crippen LogP contribution in [-0.4, -0.2) is 22.1 Å². The van der Waals surface area contributed by atoms with Gasteiger partial charge in [0.1, 0.15) is 0 Å². The molecule has 0 unspecified atom stereocenters. The van der Waals surface area contributed by atoms with Crippen LogP contribution in [0, 0.1) is 0 Å². The van der Waals surface area contributed by atoms with Crippen molar-refractivity contribution >= 4 is 23.4 Å². The first-order valence-electron chi connectivity index (χ1n) is 7.12. The van der Waals surface area contributed by atoms with Gasteiger partial charge in [0.15, 0.2) is 10.9 Å². The number of thioether (sulfide) groups is 1. The zero-order valence-corrected chi connectivity index (χ0v) is 14.1. The van der Waals surface area contributed by atoms with Crippen LogP contribution >= 0.6 is 11.8 Å². The van der Waals surface area contributed by atoms with Crippen LogP contribution in [0.3, 0.4) is 0 Å². The van der Waals surface area contributed by atoms with E-state index in [9.17, 15) is 18.0 Å². The molecule has 2 rings (SSSR count). The molecule has 0 saturated heterocycles. The zero-order chi connectivity index (χ0) is 17.9. The van der Waals surface area contributed by atoms with Gasteiger partial charge in [0.25, 0.3) is 5.91 Å². The number of nitrogens with one attached hydrogen (secondary N) is 1. The standard InChI is InChI=1S/C16H16F3N3OS/c1-9(2)10-4-6-11(7-5-10)21-14(23)12-8-20-15(24-3)22-13(12)16(17,18)19/h4-9H,1-3H3,(H,21,23).